The lowest BCUT2D eigenvalue weighted by Gasteiger charge is -2.29. The van der Waals surface area contributed by atoms with Crippen molar-refractivity contribution in [3.05, 3.63) is 35.9 Å². The van der Waals surface area contributed by atoms with Crippen LogP contribution in [0.25, 0.3) is 0 Å². The number of benzene rings is 1. The van der Waals surface area contributed by atoms with Gasteiger partial charge in [-0.25, -0.2) is 0 Å². The molecule has 0 radical (unpaired) electrons. The molecule has 100 valence electrons. The Bertz CT molecular complexity index is 375. The van der Waals surface area contributed by atoms with E-state index in [1.165, 1.54) is 0 Å². The second-order valence-electron chi connectivity index (χ2n) is 5.20. The van der Waals surface area contributed by atoms with E-state index in [-0.39, 0.29) is 11.9 Å². The lowest BCUT2D eigenvalue weighted by Crippen LogP contribution is -2.39. The van der Waals surface area contributed by atoms with Gasteiger partial charge in [-0.2, -0.15) is 0 Å². The van der Waals surface area contributed by atoms with E-state index in [0.29, 0.717) is 12.3 Å². The van der Waals surface area contributed by atoms with Crippen LogP contribution >= 0.6 is 0 Å². The van der Waals surface area contributed by atoms with Crippen molar-refractivity contribution in [2.75, 3.05) is 7.05 Å². The highest BCUT2D eigenvalue weighted by molar-refractivity contribution is 5.76. The van der Waals surface area contributed by atoms with Crippen molar-refractivity contribution in [3.63, 3.8) is 0 Å². The summed E-state index contributed by atoms with van der Waals surface area (Å²) in [6.07, 6.45) is -0.130. The molecule has 0 heterocycles. The normalized spacial score (nSPS) is 14.3. The van der Waals surface area contributed by atoms with Gasteiger partial charge in [-0.1, -0.05) is 44.2 Å². The lowest BCUT2D eigenvalue weighted by atomic mass is 10.0. The van der Waals surface area contributed by atoms with Gasteiger partial charge in [-0.05, 0) is 18.4 Å². The summed E-state index contributed by atoms with van der Waals surface area (Å²) in [5.74, 6) is 0.411. The van der Waals surface area contributed by atoms with Crippen molar-refractivity contribution >= 4 is 5.91 Å². The van der Waals surface area contributed by atoms with Gasteiger partial charge in [-0.15, -0.1) is 0 Å². The third-order valence-electron chi connectivity index (χ3n) is 3.19. The van der Waals surface area contributed by atoms with Crippen LogP contribution in [0.15, 0.2) is 30.3 Å². The first-order valence-electron chi connectivity index (χ1n) is 6.42. The predicted octanol–water partition coefficient (Wildman–Crippen LogP) is 2.61. The van der Waals surface area contributed by atoms with E-state index in [1.807, 2.05) is 51.1 Å². The number of nitrogens with zero attached hydrogens (tertiary/aromatic N) is 1. The summed E-state index contributed by atoms with van der Waals surface area (Å²) < 4.78 is 0. The maximum atomic E-state index is 11.9. The fourth-order valence-corrected chi connectivity index (χ4v) is 1.86. The van der Waals surface area contributed by atoms with Gasteiger partial charge in [0.15, 0.2) is 0 Å². The van der Waals surface area contributed by atoms with Crippen molar-refractivity contribution in [1.29, 1.82) is 0 Å². The van der Waals surface area contributed by atoms with Gasteiger partial charge in [0.2, 0.25) is 5.91 Å². The van der Waals surface area contributed by atoms with Crippen LogP contribution in [0.3, 0.4) is 0 Å². The Kier molecular flexibility index (Phi) is 5.35. The minimum atomic E-state index is -0.646. The second kappa shape index (κ2) is 6.55. The van der Waals surface area contributed by atoms with Gasteiger partial charge >= 0.3 is 0 Å². The highest BCUT2D eigenvalue weighted by Gasteiger charge is 2.24. The van der Waals surface area contributed by atoms with Crippen molar-refractivity contribution < 1.29 is 9.90 Å². The van der Waals surface area contributed by atoms with Gasteiger partial charge < -0.3 is 10.0 Å². The Balaban J connectivity index is 2.69. The molecule has 18 heavy (non-hydrogen) atoms. The standard InChI is InChI=1S/C15H23NO2/c1-11(2)10-14(17)16(4)12(3)15(18)13-8-6-5-7-9-13/h5-9,11-12,15,18H,10H2,1-4H3/t12?,15-/m1/s1. The molecule has 0 fully saturated rings. The molecule has 0 bridgehead atoms. The van der Waals surface area contributed by atoms with Gasteiger partial charge in [0.1, 0.15) is 0 Å². The van der Waals surface area contributed by atoms with Crippen LogP contribution in [0.4, 0.5) is 0 Å². The van der Waals surface area contributed by atoms with Crippen molar-refractivity contribution in [1.82, 2.24) is 4.90 Å². The molecule has 2 atom stereocenters. The number of likely N-dealkylation sites (N-methyl/N-ethyl adjacent to an activating group) is 1. The number of aliphatic hydroxyl groups excluding tert-OH is 1. The van der Waals surface area contributed by atoms with Crippen LogP contribution in [0.5, 0.6) is 0 Å². The second-order valence-corrected chi connectivity index (χ2v) is 5.20. The van der Waals surface area contributed by atoms with Gasteiger partial charge in [0, 0.05) is 13.5 Å². The van der Waals surface area contributed by atoms with Crippen LogP contribution in [0.1, 0.15) is 38.9 Å². The Hall–Kier alpha value is -1.35. The summed E-state index contributed by atoms with van der Waals surface area (Å²) in [4.78, 5) is 13.6. The van der Waals surface area contributed by atoms with Gasteiger partial charge in [0.25, 0.3) is 0 Å². The van der Waals surface area contributed by atoms with Crippen LogP contribution in [-0.2, 0) is 4.79 Å². The molecule has 1 aromatic carbocycles. The average Bonchev–Trinajstić information content (AvgIpc) is 2.36. The molecule has 0 saturated heterocycles. The molecular weight excluding hydrogens is 226 g/mol. The minimum absolute atomic E-state index is 0.0764. The van der Waals surface area contributed by atoms with Crippen LogP contribution in [0, 0.1) is 5.92 Å². The summed E-state index contributed by atoms with van der Waals surface area (Å²) >= 11 is 0. The molecule has 0 aliphatic rings. The fraction of sp³-hybridized carbons (Fsp3) is 0.533. The number of hydrogen-bond acceptors (Lipinski definition) is 2. The summed E-state index contributed by atoms with van der Waals surface area (Å²) in [6, 6.07) is 9.22. The van der Waals surface area contributed by atoms with Crippen LogP contribution in [-0.4, -0.2) is 29.0 Å². The summed E-state index contributed by atoms with van der Waals surface area (Å²) in [6.45, 7) is 5.91. The topological polar surface area (TPSA) is 40.5 Å². The van der Waals surface area contributed by atoms with E-state index in [1.54, 1.807) is 11.9 Å². The van der Waals surface area contributed by atoms with E-state index in [0.717, 1.165) is 5.56 Å². The largest absolute Gasteiger partial charge is 0.386 e. The van der Waals surface area contributed by atoms with Gasteiger partial charge in [0.05, 0.1) is 12.1 Å². The fourth-order valence-electron chi connectivity index (χ4n) is 1.86. The maximum absolute atomic E-state index is 11.9. The van der Waals surface area contributed by atoms with Crippen molar-refractivity contribution in [2.45, 2.75) is 39.3 Å². The highest BCUT2D eigenvalue weighted by Crippen LogP contribution is 2.20. The number of hydrogen-bond donors (Lipinski definition) is 1. The molecule has 0 aliphatic heterocycles. The SMILES string of the molecule is CC(C)CC(=O)N(C)C(C)[C@@H](O)c1ccccc1. The van der Waals surface area contributed by atoms with Crippen molar-refractivity contribution in [2.24, 2.45) is 5.92 Å². The van der Waals surface area contributed by atoms with E-state index in [2.05, 4.69) is 0 Å². The first-order valence-corrected chi connectivity index (χ1v) is 6.42. The zero-order chi connectivity index (χ0) is 13.7. The zero-order valence-corrected chi connectivity index (χ0v) is 11.6. The molecule has 3 nitrogen and oxygen atoms in total. The van der Waals surface area contributed by atoms with E-state index < -0.39 is 6.10 Å². The molecule has 1 N–H and O–H groups in total. The summed E-state index contributed by atoms with van der Waals surface area (Å²) in [5, 5.41) is 10.2. The third-order valence-corrected chi connectivity index (χ3v) is 3.19. The first kappa shape index (κ1) is 14.7. The Morgan fingerprint density at radius 3 is 2.28 bits per heavy atom. The number of carbonyl (C=O) groups excluding carboxylic acids is 1. The smallest absolute Gasteiger partial charge is 0.222 e. The molecule has 0 aromatic heterocycles. The molecule has 1 amide bonds. The quantitative estimate of drug-likeness (QED) is 0.871. The molecular formula is C15H23NO2. The summed E-state index contributed by atoms with van der Waals surface area (Å²) in [5.41, 5.74) is 0.842. The van der Waals surface area contributed by atoms with Crippen LogP contribution in [0.2, 0.25) is 0 Å². The zero-order valence-electron chi connectivity index (χ0n) is 11.6. The number of rotatable bonds is 5. The monoisotopic (exact) mass is 249 g/mol. The Morgan fingerprint density at radius 2 is 1.78 bits per heavy atom. The minimum Gasteiger partial charge on any atom is -0.386 e. The number of aliphatic hydroxyl groups is 1. The van der Waals surface area contributed by atoms with Gasteiger partial charge in [-0.3, -0.25) is 4.79 Å². The highest BCUT2D eigenvalue weighted by atomic mass is 16.3. The molecule has 0 spiro atoms. The molecule has 1 aromatic rings. The Morgan fingerprint density at radius 1 is 1.22 bits per heavy atom. The average molecular weight is 249 g/mol. The number of amides is 1. The third kappa shape index (κ3) is 3.84. The molecule has 1 rings (SSSR count). The van der Waals surface area contributed by atoms with E-state index in [9.17, 15) is 9.90 Å². The molecule has 3 heteroatoms. The Labute approximate surface area is 109 Å². The summed E-state index contributed by atoms with van der Waals surface area (Å²) in [7, 11) is 1.75. The first-order chi connectivity index (χ1) is 8.43. The predicted molar refractivity (Wildman–Crippen MR) is 73.1 cm³/mol. The molecule has 0 aliphatic carbocycles. The van der Waals surface area contributed by atoms with Crippen LogP contribution < -0.4 is 0 Å². The van der Waals surface area contributed by atoms with Crippen molar-refractivity contribution in [3.8, 4) is 0 Å². The molecule has 0 saturated carbocycles. The lowest BCUT2D eigenvalue weighted by molar-refractivity contribution is -0.134. The maximum Gasteiger partial charge on any atom is 0.222 e. The van der Waals surface area contributed by atoms with E-state index in [4.69, 9.17) is 0 Å². The van der Waals surface area contributed by atoms with E-state index >= 15 is 0 Å². The molecule has 1 unspecified atom stereocenters. The number of carbonyl (C=O) groups is 1.